The molecule has 2 aromatic rings. The molecule has 0 bridgehead atoms. The molecule has 0 radical (unpaired) electrons. The maximum atomic E-state index is 10.0. The van der Waals surface area contributed by atoms with Crippen molar-refractivity contribution in [3.63, 3.8) is 0 Å². The van der Waals surface area contributed by atoms with Gasteiger partial charge in [0.25, 0.3) is 0 Å². The first kappa shape index (κ1) is 23.1. The van der Waals surface area contributed by atoms with Gasteiger partial charge in [-0.25, -0.2) is 9.97 Å². The topological polar surface area (TPSA) is 84.5 Å². The molecule has 0 unspecified atom stereocenters. The number of rotatable bonds is 5. The summed E-state index contributed by atoms with van der Waals surface area (Å²) >= 11 is 13.9. The number of methoxy groups -OCH3 is 1. The summed E-state index contributed by atoms with van der Waals surface area (Å²) < 4.78 is 5.58. The van der Waals surface area contributed by atoms with Gasteiger partial charge in [0.05, 0.1) is 28.5 Å². The van der Waals surface area contributed by atoms with Crippen molar-refractivity contribution < 1.29 is 9.84 Å². The number of ether oxygens (including phenoxy) is 1. The highest BCUT2D eigenvalue weighted by atomic mass is 35.5. The Morgan fingerprint density at radius 2 is 2.03 bits per heavy atom. The van der Waals surface area contributed by atoms with Gasteiger partial charge in [0.2, 0.25) is 0 Å². The van der Waals surface area contributed by atoms with E-state index in [1.54, 1.807) is 13.2 Å². The molecule has 1 aromatic heterocycles. The predicted molar refractivity (Wildman–Crippen MR) is 125 cm³/mol. The average molecular weight is 483 g/mol. The number of aliphatic hydroxyl groups is 1. The molecule has 2 aliphatic rings. The quantitative estimate of drug-likeness (QED) is 0.650. The number of nitrogens with two attached hydrogens (primary N) is 1. The molecule has 31 heavy (non-hydrogen) atoms. The van der Waals surface area contributed by atoms with Gasteiger partial charge in [-0.2, -0.15) is 0 Å². The van der Waals surface area contributed by atoms with Crippen molar-refractivity contribution in [1.29, 1.82) is 0 Å². The van der Waals surface area contributed by atoms with Crippen LogP contribution in [0.15, 0.2) is 28.1 Å². The number of aryl methyl sites for hydroxylation is 1. The molecule has 3 N–H and O–H groups in total. The minimum atomic E-state index is -0.174. The molecule has 1 aliphatic carbocycles. The lowest BCUT2D eigenvalue weighted by Crippen LogP contribution is -2.47. The van der Waals surface area contributed by atoms with Crippen LogP contribution in [0.3, 0.4) is 0 Å². The zero-order valence-corrected chi connectivity index (χ0v) is 20.1. The molecule has 2 heterocycles. The largest absolute Gasteiger partial charge is 0.390 e. The summed E-state index contributed by atoms with van der Waals surface area (Å²) in [6, 6.07) is 5.68. The number of aromatic nitrogens is 2. The molecule has 2 atom stereocenters. The number of halogens is 2. The van der Waals surface area contributed by atoms with Crippen molar-refractivity contribution in [2.75, 3.05) is 25.1 Å². The minimum Gasteiger partial charge on any atom is -0.390 e. The number of nitrogens with zero attached hydrogens (tertiary/aromatic N) is 3. The van der Waals surface area contributed by atoms with E-state index in [0.29, 0.717) is 20.8 Å². The number of anilines is 1. The van der Waals surface area contributed by atoms with Gasteiger partial charge in [0, 0.05) is 31.1 Å². The molecule has 0 amide bonds. The molecule has 6 nitrogen and oxygen atoms in total. The van der Waals surface area contributed by atoms with Crippen LogP contribution in [0.1, 0.15) is 37.1 Å². The number of hydrogen-bond donors (Lipinski definition) is 2. The molecule has 1 aliphatic heterocycles. The van der Waals surface area contributed by atoms with Gasteiger partial charge in [-0.3, -0.25) is 0 Å². The maximum absolute atomic E-state index is 10.0. The van der Waals surface area contributed by atoms with Crippen LogP contribution in [0, 0.1) is 12.3 Å². The van der Waals surface area contributed by atoms with E-state index in [2.05, 4.69) is 4.90 Å². The second-order valence-corrected chi connectivity index (χ2v) is 10.3. The molecule has 2 fully saturated rings. The lowest BCUT2D eigenvalue weighted by Gasteiger charge is -2.42. The third-order valence-electron chi connectivity index (χ3n) is 6.68. The summed E-state index contributed by atoms with van der Waals surface area (Å²) in [5.41, 5.74) is 8.01. The minimum absolute atomic E-state index is 0.137. The van der Waals surface area contributed by atoms with E-state index in [0.717, 1.165) is 55.2 Å². The fraction of sp³-hybridized carbons (Fsp3) is 0.545. The van der Waals surface area contributed by atoms with Crippen LogP contribution in [0.4, 0.5) is 5.82 Å². The van der Waals surface area contributed by atoms with Crippen LogP contribution in [-0.4, -0.2) is 47.4 Å². The summed E-state index contributed by atoms with van der Waals surface area (Å²) in [5.74, 6) is 0.756. The zero-order valence-electron chi connectivity index (χ0n) is 17.8. The van der Waals surface area contributed by atoms with Gasteiger partial charge in [0.15, 0.2) is 5.82 Å². The normalized spacial score (nSPS) is 23.0. The highest BCUT2D eigenvalue weighted by molar-refractivity contribution is 7.99. The smallest absolute Gasteiger partial charge is 0.153 e. The Morgan fingerprint density at radius 3 is 2.68 bits per heavy atom. The van der Waals surface area contributed by atoms with E-state index in [9.17, 15) is 5.11 Å². The molecule has 168 valence electrons. The highest BCUT2D eigenvalue weighted by Gasteiger charge is 2.47. The number of benzene rings is 1. The van der Waals surface area contributed by atoms with Gasteiger partial charge in [-0.15, -0.1) is 0 Å². The number of piperidine rings is 1. The SMILES string of the molecule is CO[C@@H]1C[C@@H](N)C2(CCN(c3nc(C)c(Sc4cccc(Cl)c4Cl)nc3CO)CC2)C1. The van der Waals surface area contributed by atoms with Crippen LogP contribution in [0.2, 0.25) is 10.0 Å². The van der Waals surface area contributed by atoms with Gasteiger partial charge in [0.1, 0.15) is 10.7 Å². The summed E-state index contributed by atoms with van der Waals surface area (Å²) in [6.07, 6.45) is 4.19. The van der Waals surface area contributed by atoms with Crippen molar-refractivity contribution in [3.05, 3.63) is 39.6 Å². The Hall–Kier alpha value is -1.09. The van der Waals surface area contributed by atoms with Crippen molar-refractivity contribution in [2.45, 2.75) is 61.3 Å². The number of aliphatic hydroxyl groups excluding tert-OH is 1. The Morgan fingerprint density at radius 1 is 1.29 bits per heavy atom. The van der Waals surface area contributed by atoms with Crippen molar-refractivity contribution in [1.82, 2.24) is 9.97 Å². The van der Waals surface area contributed by atoms with Gasteiger partial charge >= 0.3 is 0 Å². The molecule has 1 aromatic carbocycles. The Kier molecular flexibility index (Phi) is 7.01. The third-order valence-corrected chi connectivity index (χ3v) is 8.75. The first-order valence-electron chi connectivity index (χ1n) is 10.5. The molecular formula is C22H28Cl2N4O2S. The first-order valence-corrected chi connectivity index (χ1v) is 12.1. The second kappa shape index (κ2) is 9.41. The Labute approximate surface area is 197 Å². The van der Waals surface area contributed by atoms with Crippen molar-refractivity contribution in [2.24, 2.45) is 11.1 Å². The van der Waals surface area contributed by atoms with Gasteiger partial charge < -0.3 is 20.5 Å². The molecular weight excluding hydrogens is 455 g/mol. The standard InChI is InChI=1S/C22H28Cl2N4O2S/c1-13-21(31-17-5-3-4-15(23)19(17)24)27-16(12-29)20(26-13)28-8-6-22(7-9-28)11-14(30-2)10-18(22)25/h3-5,14,18,29H,6-12,25H2,1-2H3/t14-,18-/m1/s1. The molecule has 4 rings (SSSR count). The van der Waals surface area contributed by atoms with Crippen LogP contribution < -0.4 is 10.6 Å². The summed E-state index contributed by atoms with van der Waals surface area (Å²) in [4.78, 5) is 12.6. The predicted octanol–water partition coefficient (Wildman–Crippen LogP) is 4.46. The zero-order chi connectivity index (χ0) is 22.2. The number of hydrogen-bond acceptors (Lipinski definition) is 7. The monoisotopic (exact) mass is 482 g/mol. The van der Waals surface area contributed by atoms with Crippen LogP contribution >= 0.6 is 35.0 Å². The van der Waals surface area contributed by atoms with Crippen molar-refractivity contribution in [3.8, 4) is 0 Å². The van der Waals surface area contributed by atoms with E-state index in [1.807, 2.05) is 19.1 Å². The van der Waals surface area contributed by atoms with Crippen LogP contribution in [-0.2, 0) is 11.3 Å². The third kappa shape index (κ3) is 4.54. The summed E-state index contributed by atoms with van der Waals surface area (Å²) in [5, 5.41) is 11.7. The first-order chi connectivity index (χ1) is 14.9. The van der Waals surface area contributed by atoms with E-state index < -0.39 is 0 Å². The molecule has 1 spiro atoms. The summed E-state index contributed by atoms with van der Waals surface area (Å²) in [7, 11) is 1.77. The van der Waals surface area contributed by atoms with E-state index in [-0.39, 0.29) is 24.2 Å². The second-order valence-electron chi connectivity index (χ2n) is 8.45. The lowest BCUT2D eigenvalue weighted by molar-refractivity contribution is 0.0890. The van der Waals surface area contributed by atoms with Crippen molar-refractivity contribution >= 4 is 40.8 Å². The van der Waals surface area contributed by atoms with E-state index in [1.165, 1.54) is 11.8 Å². The molecule has 9 heteroatoms. The highest BCUT2D eigenvalue weighted by Crippen LogP contribution is 2.47. The van der Waals surface area contributed by atoms with E-state index in [4.69, 9.17) is 43.6 Å². The fourth-order valence-electron chi connectivity index (χ4n) is 4.79. The van der Waals surface area contributed by atoms with E-state index >= 15 is 0 Å². The van der Waals surface area contributed by atoms with Crippen LogP contribution in [0.25, 0.3) is 0 Å². The Balaban J connectivity index is 1.53. The molecule has 1 saturated carbocycles. The fourth-order valence-corrected chi connectivity index (χ4v) is 6.16. The lowest BCUT2D eigenvalue weighted by atomic mass is 9.74. The Bertz CT molecular complexity index is 953. The van der Waals surface area contributed by atoms with Gasteiger partial charge in [-0.05, 0) is 50.2 Å². The van der Waals surface area contributed by atoms with Gasteiger partial charge in [-0.1, -0.05) is 41.0 Å². The average Bonchev–Trinajstić information content (AvgIpc) is 3.08. The molecule has 1 saturated heterocycles. The summed E-state index contributed by atoms with van der Waals surface area (Å²) in [6.45, 7) is 3.45. The maximum Gasteiger partial charge on any atom is 0.153 e. The van der Waals surface area contributed by atoms with Crippen LogP contribution in [0.5, 0.6) is 0 Å².